The van der Waals surface area contributed by atoms with Crippen LogP contribution in [0.1, 0.15) is 18.1 Å². The molecule has 0 aromatic heterocycles. The first kappa shape index (κ1) is 17.3. The minimum absolute atomic E-state index is 0.0901. The Morgan fingerprint density at radius 2 is 1.88 bits per heavy atom. The molecule has 0 N–H and O–H groups in total. The standard InChI is InChI=1S/C19H20Cl2N2O/c1-13-4-3-5-15(10-13)12-22-8-9-23(19(24)14(22)2)16-6-7-17(20)18(21)11-16/h3-7,10-11,14H,8-9,12H2,1-2H3/t14-/m0/s1. The molecule has 1 aliphatic rings. The SMILES string of the molecule is Cc1cccc(CN2CCN(c3ccc(Cl)c(Cl)c3)C(=O)[C@@H]2C)c1. The van der Waals surface area contributed by atoms with Crippen molar-refractivity contribution in [2.45, 2.75) is 26.4 Å². The summed E-state index contributed by atoms with van der Waals surface area (Å²) < 4.78 is 0. The molecule has 24 heavy (non-hydrogen) atoms. The fourth-order valence-electron chi connectivity index (χ4n) is 3.08. The van der Waals surface area contributed by atoms with Crippen LogP contribution in [0.5, 0.6) is 0 Å². The van der Waals surface area contributed by atoms with Gasteiger partial charge in [-0.3, -0.25) is 9.69 Å². The second-order valence-corrected chi connectivity index (χ2v) is 7.04. The maximum Gasteiger partial charge on any atom is 0.244 e. The van der Waals surface area contributed by atoms with Crippen molar-refractivity contribution in [2.24, 2.45) is 0 Å². The lowest BCUT2D eigenvalue weighted by molar-refractivity contribution is -0.125. The molecule has 0 saturated carbocycles. The molecule has 0 spiro atoms. The Morgan fingerprint density at radius 3 is 2.58 bits per heavy atom. The molecule has 2 aromatic rings. The monoisotopic (exact) mass is 362 g/mol. The predicted molar refractivity (Wildman–Crippen MR) is 99.9 cm³/mol. The maximum atomic E-state index is 12.8. The zero-order valence-electron chi connectivity index (χ0n) is 13.8. The number of rotatable bonds is 3. The van der Waals surface area contributed by atoms with E-state index in [4.69, 9.17) is 23.2 Å². The topological polar surface area (TPSA) is 23.6 Å². The second kappa shape index (κ2) is 7.14. The molecule has 3 nitrogen and oxygen atoms in total. The van der Waals surface area contributed by atoms with Crippen molar-refractivity contribution in [1.29, 1.82) is 0 Å². The molecule has 1 fully saturated rings. The first-order chi connectivity index (χ1) is 11.5. The summed E-state index contributed by atoms with van der Waals surface area (Å²) in [4.78, 5) is 16.8. The molecule has 1 saturated heterocycles. The van der Waals surface area contributed by atoms with Crippen molar-refractivity contribution < 1.29 is 4.79 Å². The van der Waals surface area contributed by atoms with Crippen molar-refractivity contribution in [3.8, 4) is 0 Å². The summed E-state index contributed by atoms with van der Waals surface area (Å²) in [7, 11) is 0. The number of carbonyl (C=O) groups is 1. The largest absolute Gasteiger partial charge is 0.310 e. The highest BCUT2D eigenvalue weighted by Gasteiger charge is 2.32. The van der Waals surface area contributed by atoms with Crippen molar-refractivity contribution in [2.75, 3.05) is 18.0 Å². The molecule has 0 radical (unpaired) electrons. The quantitative estimate of drug-likeness (QED) is 0.799. The van der Waals surface area contributed by atoms with Crippen LogP contribution in [0.3, 0.4) is 0 Å². The molecule has 0 bridgehead atoms. The molecule has 0 aliphatic carbocycles. The van der Waals surface area contributed by atoms with Crippen LogP contribution < -0.4 is 4.90 Å². The summed E-state index contributed by atoms with van der Waals surface area (Å²) in [6.45, 7) is 6.29. The average Bonchev–Trinajstić information content (AvgIpc) is 2.55. The van der Waals surface area contributed by atoms with E-state index in [-0.39, 0.29) is 11.9 Å². The minimum Gasteiger partial charge on any atom is -0.310 e. The lowest BCUT2D eigenvalue weighted by Crippen LogP contribution is -2.55. The Labute approximate surface area is 152 Å². The van der Waals surface area contributed by atoms with Gasteiger partial charge in [0.1, 0.15) is 0 Å². The van der Waals surface area contributed by atoms with Gasteiger partial charge < -0.3 is 4.90 Å². The minimum atomic E-state index is -0.172. The summed E-state index contributed by atoms with van der Waals surface area (Å²) in [6.07, 6.45) is 0. The number of carbonyl (C=O) groups excluding carboxylic acids is 1. The van der Waals surface area contributed by atoms with Gasteiger partial charge >= 0.3 is 0 Å². The number of hydrogen-bond donors (Lipinski definition) is 0. The molecule has 126 valence electrons. The van der Waals surface area contributed by atoms with Gasteiger partial charge in [0.05, 0.1) is 16.1 Å². The summed E-state index contributed by atoms with van der Waals surface area (Å²) >= 11 is 12.1. The first-order valence-electron chi connectivity index (χ1n) is 8.02. The van der Waals surface area contributed by atoms with Crippen LogP contribution in [0.15, 0.2) is 42.5 Å². The number of amides is 1. The number of nitrogens with zero attached hydrogens (tertiary/aromatic N) is 2. The van der Waals surface area contributed by atoms with Crippen molar-refractivity contribution in [1.82, 2.24) is 4.90 Å². The van der Waals surface area contributed by atoms with E-state index >= 15 is 0 Å². The Balaban J connectivity index is 1.74. The highest BCUT2D eigenvalue weighted by molar-refractivity contribution is 6.42. The van der Waals surface area contributed by atoms with Crippen LogP contribution in [0.2, 0.25) is 10.0 Å². The molecule has 1 atom stereocenters. The van der Waals surface area contributed by atoms with E-state index in [1.807, 2.05) is 13.0 Å². The molecule has 0 unspecified atom stereocenters. The van der Waals surface area contributed by atoms with Crippen molar-refractivity contribution in [3.63, 3.8) is 0 Å². The van der Waals surface area contributed by atoms with Crippen LogP contribution in [0.25, 0.3) is 0 Å². The Hall–Kier alpha value is -1.55. The van der Waals surface area contributed by atoms with E-state index in [1.54, 1.807) is 17.0 Å². The van der Waals surface area contributed by atoms with Crippen LogP contribution in [0, 0.1) is 6.92 Å². The summed E-state index contributed by atoms with van der Waals surface area (Å²) in [5.74, 6) is 0.0901. The Kier molecular flexibility index (Phi) is 5.14. The Bertz CT molecular complexity index is 763. The third-order valence-corrected chi connectivity index (χ3v) is 5.20. The van der Waals surface area contributed by atoms with Crippen molar-refractivity contribution >= 4 is 34.8 Å². The fraction of sp³-hybridized carbons (Fsp3) is 0.316. The zero-order chi connectivity index (χ0) is 17.3. The van der Waals surface area contributed by atoms with Gasteiger partial charge in [-0.15, -0.1) is 0 Å². The van der Waals surface area contributed by atoms with Gasteiger partial charge in [0.15, 0.2) is 0 Å². The van der Waals surface area contributed by atoms with Gasteiger partial charge in [0, 0.05) is 25.3 Å². The number of halogens is 2. The lowest BCUT2D eigenvalue weighted by atomic mass is 10.1. The van der Waals surface area contributed by atoms with Gasteiger partial charge in [-0.25, -0.2) is 0 Å². The van der Waals surface area contributed by atoms with Crippen molar-refractivity contribution in [3.05, 3.63) is 63.6 Å². The summed E-state index contributed by atoms with van der Waals surface area (Å²) in [5.41, 5.74) is 3.27. The number of piperazine rings is 1. The summed E-state index contributed by atoms with van der Waals surface area (Å²) in [6, 6.07) is 13.6. The molecule has 1 aliphatic heterocycles. The van der Waals surface area contributed by atoms with Crippen LogP contribution >= 0.6 is 23.2 Å². The molecular weight excluding hydrogens is 343 g/mol. The van der Waals surface area contributed by atoms with Gasteiger partial charge in [-0.05, 0) is 37.6 Å². The van der Waals surface area contributed by atoms with Crippen LogP contribution in [0.4, 0.5) is 5.69 Å². The van der Waals surface area contributed by atoms with E-state index in [1.165, 1.54) is 11.1 Å². The molecule has 5 heteroatoms. The number of benzene rings is 2. The highest BCUT2D eigenvalue weighted by Crippen LogP contribution is 2.29. The van der Waals surface area contributed by atoms with E-state index in [0.717, 1.165) is 18.8 Å². The van der Waals surface area contributed by atoms with E-state index < -0.39 is 0 Å². The zero-order valence-corrected chi connectivity index (χ0v) is 15.3. The number of anilines is 1. The summed E-state index contributed by atoms with van der Waals surface area (Å²) in [5, 5.41) is 0.968. The highest BCUT2D eigenvalue weighted by atomic mass is 35.5. The average molecular weight is 363 g/mol. The van der Waals surface area contributed by atoms with Crippen LogP contribution in [-0.4, -0.2) is 29.9 Å². The van der Waals surface area contributed by atoms with Crippen LogP contribution in [-0.2, 0) is 11.3 Å². The van der Waals surface area contributed by atoms with E-state index in [9.17, 15) is 4.79 Å². The molecule has 3 rings (SSSR count). The smallest absolute Gasteiger partial charge is 0.244 e. The number of hydrogen-bond acceptors (Lipinski definition) is 2. The molecule has 1 amide bonds. The normalized spacial score (nSPS) is 18.9. The second-order valence-electron chi connectivity index (χ2n) is 6.22. The number of aryl methyl sites for hydroxylation is 1. The third-order valence-electron chi connectivity index (χ3n) is 4.46. The van der Waals surface area contributed by atoms with Gasteiger partial charge in [0.2, 0.25) is 5.91 Å². The van der Waals surface area contributed by atoms with Gasteiger partial charge in [-0.1, -0.05) is 53.0 Å². The molecular formula is C19H20Cl2N2O. The predicted octanol–water partition coefficient (Wildman–Crippen LogP) is 4.54. The van der Waals surface area contributed by atoms with E-state index in [2.05, 4.69) is 36.1 Å². The molecule has 2 aromatic carbocycles. The maximum absolute atomic E-state index is 12.8. The lowest BCUT2D eigenvalue weighted by Gasteiger charge is -2.39. The van der Waals surface area contributed by atoms with E-state index in [0.29, 0.717) is 16.6 Å². The fourth-order valence-corrected chi connectivity index (χ4v) is 3.38. The first-order valence-corrected chi connectivity index (χ1v) is 8.77. The Morgan fingerprint density at radius 1 is 1.08 bits per heavy atom. The molecule has 1 heterocycles. The van der Waals surface area contributed by atoms with Gasteiger partial charge in [0.25, 0.3) is 0 Å². The third kappa shape index (κ3) is 3.59. The van der Waals surface area contributed by atoms with Gasteiger partial charge in [-0.2, -0.15) is 0 Å².